The SMILES string of the molecule is CCOC(=O)C(F)C(=O)OC(C)Cl. The minimum absolute atomic E-state index is 0.00294. The average Bonchev–Trinajstić information content (AvgIpc) is 2.02. The van der Waals surface area contributed by atoms with Crippen LogP contribution in [0.25, 0.3) is 0 Å². The predicted molar refractivity (Wildman–Crippen MR) is 42.9 cm³/mol. The van der Waals surface area contributed by atoms with Crippen molar-refractivity contribution < 1.29 is 23.5 Å². The van der Waals surface area contributed by atoms with Crippen LogP contribution in [-0.4, -0.2) is 30.3 Å². The van der Waals surface area contributed by atoms with Crippen LogP contribution in [0.5, 0.6) is 0 Å². The molecule has 4 nitrogen and oxygen atoms in total. The number of carbonyl (C=O) groups excluding carboxylic acids is 2. The van der Waals surface area contributed by atoms with E-state index in [-0.39, 0.29) is 6.61 Å². The number of hydrogen-bond donors (Lipinski definition) is 0. The third-order valence-electron chi connectivity index (χ3n) is 0.979. The van der Waals surface area contributed by atoms with Gasteiger partial charge in [-0.3, -0.25) is 0 Å². The molecule has 0 saturated carbocycles. The van der Waals surface area contributed by atoms with Crippen molar-refractivity contribution in [3.05, 3.63) is 0 Å². The topological polar surface area (TPSA) is 52.6 Å². The molecule has 2 atom stereocenters. The summed E-state index contributed by atoms with van der Waals surface area (Å²) in [7, 11) is 0. The Hall–Kier alpha value is -0.840. The van der Waals surface area contributed by atoms with Gasteiger partial charge in [0.2, 0.25) is 0 Å². The van der Waals surface area contributed by atoms with E-state index in [1.54, 1.807) is 0 Å². The van der Waals surface area contributed by atoms with E-state index < -0.39 is 23.7 Å². The second-order valence-electron chi connectivity index (χ2n) is 2.09. The van der Waals surface area contributed by atoms with Crippen molar-refractivity contribution in [3.63, 3.8) is 0 Å². The van der Waals surface area contributed by atoms with E-state index in [4.69, 9.17) is 11.6 Å². The molecule has 6 heteroatoms. The van der Waals surface area contributed by atoms with E-state index in [1.165, 1.54) is 13.8 Å². The number of esters is 2. The highest BCUT2D eigenvalue weighted by atomic mass is 35.5. The maximum atomic E-state index is 12.7. The number of ether oxygens (including phenoxy) is 2. The Morgan fingerprint density at radius 1 is 1.46 bits per heavy atom. The first-order chi connectivity index (χ1) is 5.99. The monoisotopic (exact) mass is 212 g/mol. The first-order valence-corrected chi connectivity index (χ1v) is 4.08. The zero-order chi connectivity index (χ0) is 10.4. The molecule has 0 aromatic heterocycles. The Bertz CT molecular complexity index is 195. The first-order valence-electron chi connectivity index (χ1n) is 3.64. The summed E-state index contributed by atoms with van der Waals surface area (Å²) in [6, 6.07) is 0. The molecule has 2 unspecified atom stereocenters. The fourth-order valence-corrected chi connectivity index (χ4v) is 0.619. The third kappa shape index (κ3) is 4.67. The summed E-state index contributed by atoms with van der Waals surface area (Å²) in [6.07, 6.45) is -2.42. The van der Waals surface area contributed by atoms with Crippen molar-refractivity contribution >= 4 is 23.5 Å². The van der Waals surface area contributed by atoms with Gasteiger partial charge in [-0.2, -0.15) is 0 Å². The minimum Gasteiger partial charge on any atom is -0.463 e. The highest BCUT2D eigenvalue weighted by Gasteiger charge is 2.29. The quantitative estimate of drug-likeness (QED) is 0.397. The van der Waals surface area contributed by atoms with Gasteiger partial charge in [-0.05, 0) is 13.8 Å². The number of carbonyl (C=O) groups is 2. The van der Waals surface area contributed by atoms with Crippen LogP contribution in [0.3, 0.4) is 0 Å². The fourth-order valence-electron chi connectivity index (χ4n) is 0.531. The second-order valence-corrected chi connectivity index (χ2v) is 2.71. The van der Waals surface area contributed by atoms with Gasteiger partial charge in [-0.1, -0.05) is 11.6 Å². The van der Waals surface area contributed by atoms with Crippen LogP contribution >= 0.6 is 11.6 Å². The van der Waals surface area contributed by atoms with Gasteiger partial charge < -0.3 is 9.47 Å². The Morgan fingerprint density at radius 3 is 2.38 bits per heavy atom. The predicted octanol–water partition coefficient (Wildman–Crippen LogP) is 1.02. The van der Waals surface area contributed by atoms with Crippen molar-refractivity contribution in [3.8, 4) is 0 Å². The minimum atomic E-state index is -2.42. The van der Waals surface area contributed by atoms with E-state index in [2.05, 4.69) is 9.47 Å². The zero-order valence-electron chi connectivity index (χ0n) is 7.25. The maximum absolute atomic E-state index is 12.7. The lowest BCUT2D eigenvalue weighted by Gasteiger charge is -2.08. The van der Waals surface area contributed by atoms with Crippen molar-refractivity contribution in [2.45, 2.75) is 25.6 Å². The second kappa shape index (κ2) is 5.75. The lowest BCUT2D eigenvalue weighted by molar-refractivity contribution is -0.163. The molecule has 0 rings (SSSR count). The van der Waals surface area contributed by atoms with Crippen molar-refractivity contribution in [1.29, 1.82) is 0 Å². The van der Waals surface area contributed by atoms with E-state index in [1.807, 2.05) is 0 Å². The van der Waals surface area contributed by atoms with Crippen LogP contribution < -0.4 is 0 Å². The molecule has 0 radical (unpaired) electrons. The fraction of sp³-hybridized carbons (Fsp3) is 0.714. The van der Waals surface area contributed by atoms with Crippen LogP contribution in [0.1, 0.15) is 13.8 Å². The standard InChI is InChI=1S/C7H10ClFO4/c1-3-12-6(10)5(9)7(11)13-4(2)8/h4-5H,3H2,1-2H3. The molecular weight excluding hydrogens is 203 g/mol. The van der Waals surface area contributed by atoms with Crippen LogP contribution in [0, 0.1) is 0 Å². The molecule has 0 bridgehead atoms. The van der Waals surface area contributed by atoms with Crippen LogP contribution in [0.4, 0.5) is 4.39 Å². The molecule has 0 aliphatic rings. The number of rotatable bonds is 4. The van der Waals surface area contributed by atoms with Crippen molar-refractivity contribution in [2.75, 3.05) is 6.61 Å². The summed E-state index contributed by atoms with van der Waals surface area (Å²) >= 11 is 5.24. The lowest BCUT2D eigenvalue weighted by Crippen LogP contribution is -2.30. The lowest BCUT2D eigenvalue weighted by atomic mass is 10.4. The summed E-state index contributed by atoms with van der Waals surface area (Å²) in [6.45, 7) is 2.83. The summed E-state index contributed by atoms with van der Waals surface area (Å²) in [5, 5.41) is 0. The maximum Gasteiger partial charge on any atom is 0.354 e. The first kappa shape index (κ1) is 12.2. The van der Waals surface area contributed by atoms with E-state index >= 15 is 0 Å². The molecule has 13 heavy (non-hydrogen) atoms. The Kier molecular flexibility index (Phi) is 5.37. The molecular formula is C7H10ClFO4. The van der Waals surface area contributed by atoms with Gasteiger partial charge in [-0.25, -0.2) is 14.0 Å². The highest BCUT2D eigenvalue weighted by molar-refractivity contribution is 6.20. The number of halogens is 2. The molecule has 0 fully saturated rings. The van der Waals surface area contributed by atoms with Gasteiger partial charge in [0.15, 0.2) is 5.56 Å². The molecule has 76 valence electrons. The van der Waals surface area contributed by atoms with Crippen molar-refractivity contribution in [2.24, 2.45) is 0 Å². The van der Waals surface area contributed by atoms with Crippen LogP contribution in [0.2, 0.25) is 0 Å². The molecule has 0 aliphatic heterocycles. The summed E-state index contributed by atoms with van der Waals surface area (Å²) < 4.78 is 21.2. The summed E-state index contributed by atoms with van der Waals surface area (Å²) in [5.74, 6) is -2.59. The van der Waals surface area contributed by atoms with Gasteiger partial charge >= 0.3 is 11.9 Å². The molecule has 0 spiro atoms. The normalized spacial score (nSPS) is 14.5. The number of alkyl halides is 2. The molecule has 0 aromatic rings. The van der Waals surface area contributed by atoms with E-state index in [0.717, 1.165) is 0 Å². The molecule has 0 amide bonds. The Morgan fingerprint density at radius 2 is 2.00 bits per heavy atom. The summed E-state index contributed by atoms with van der Waals surface area (Å²) in [4.78, 5) is 21.3. The van der Waals surface area contributed by atoms with E-state index in [0.29, 0.717) is 0 Å². The van der Waals surface area contributed by atoms with Gasteiger partial charge in [0.25, 0.3) is 6.17 Å². The smallest absolute Gasteiger partial charge is 0.354 e. The molecule has 0 aromatic carbocycles. The van der Waals surface area contributed by atoms with Gasteiger partial charge in [0, 0.05) is 0 Å². The largest absolute Gasteiger partial charge is 0.463 e. The highest BCUT2D eigenvalue weighted by Crippen LogP contribution is 2.03. The Labute approximate surface area is 79.9 Å². The number of hydrogen-bond acceptors (Lipinski definition) is 4. The average molecular weight is 213 g/mol. The zero-order valence-corrected chi connectivity index (χ0v) is 8.01. The van der Waals surface area contributed by atoms with E-state index in [9.17, 15) is 14.0 Å². The van der Waals surface area contributed by atoms with Gasteiger partial charge in [0.05, 0.1) is 6.61 Å². The van der Waals surface area contributed by atoms with Crippen LogP contribution in [0.15, 0.2) is 0 Å². The van der Waals surface area contributed by atoms with Crippen molar-refractivity contribution in [1.82, 2.24) is 0 Å². The third-order valence-corrected chi connectivity index (χ3v) is 1.07. The van der Waals surface area contributed by atoms with Gasteiger partial charge in [-0.15, -0.1) is 0 Å². The Balaban J connectivity index is 4.01. The molecule has 0 N–H and O–H groups in total. The molecule has 0 saturated heterocycles. The summed E-state index contributed by atoms with van der Waals surface area (Å²) in [5.41, 5.74) is -0.972. The molecule has 0 aliphatic carbocycles. The molecule has 0 heterocycles. The van der Waals surface area contributed by atoms with Gasteiger partial charge in [0.1, 0.15) is 0 Å². The van der Waals surface area contributed by atoms with Crippen LogP contribution in [-0.2, 0) is 19.1 Å².